The molecule has 4 nitrogen and oxygen atoms in total. The third-order valence-electron chi connectivity index (χ3n) is 2.77. The van der Waals surface area contributed by atoms with Gasteiger partial charge in [-0.25, -0.2) is 4.79 Å². The Morgan fingerprint density at radius 1 is 1.17 bits per heavy atom. The van der Waals surface area contributed by atoms with Crippen molar-refractivity contribution in [2.75, 3.05) is 0 Å². The van der Waals surface area contributed by atoms with Crippen molar-refractivity contribution in [2.45, 2.75) is 13.5 Å². The van der Waals surface area contributed by atoms with Gasteiger partial charge >= 0.3 is 5.97 Å². The van der Waals surface area contributed by atoms with Gasteiger partial charge in [-0.1, -0.05) is 36.4 Å². The molecule has 1 N–H and O–H groups in total. The summed E-state index contributed by atoms with van der Waals surface area (Å²) in [6, 6.07) is 12.2. The van der Waals surface area contributed by atoms with E-state index in [1.807, 2.05) is 30.3 Å². The molecule has 0 atom stereocenters. The van der Waals surface area contributed by atoms with Crippen LogP contribution in [0, 0.1) is 6.92 Å². The Balaban J connectivity index is 2.53. The van der Waals surface area contributed by atoms with Crippen molar-refractivity contribution in [3.8, 4) is 0 Å². The molecule has 92 valence electrons. The Labute approximate surface area is 104 Å². The molecule has 0 aliphatic carbocycles. The number of benzene rings is 1. The van der Waals surface area contributed by atoms with E-state index in [0.717, 1.165) is 5.56 Å². The average molecular weight is 243 g/mol. The summed E-state index contributed by atoms with van der Waals surface area (Å²) in [6.45, 7) is 1.95. The molecule has 4 heteroatoms. The van der Waals surface area contributed by atoms with Crippen LogP contribution in [0.1, 0.15) is 21.6 Å². The molecule has 1 heterocycles. The fourth-order valence-corrected chi connectivity index (χ4v) is 1.90. The van der Waals surface area contributed by atoms with Crippen LogP contribution in [-0.4, -0.2) is 15.6 Å². The van der Waals surface area contributed by atoms with Crippen molar-refractivity contribution >= 4 is 5.97 Å². The highest BCUT2D eigenvalue weighted by atomic mass is 16.4. The van der Waals surface area contributed by atoms with E-state index in [1.165, 1.54) is 16.7 Å². The minimum absolute atomic E-state index is 0.0475. The molecule has 0 aliphatic heterocycles. The maximum Gasteiger partial charge on any atom is 0.352 e. The highest BCUT2D eigenvalue weighted by molar-refractivity contribution is 5.87. The Bertz CT molecular complexity index is 629. The Morgan fingerprint density at radius 2 is 1.83 bits per heavy atom. The molecule has 0 bridgehead atoms. The van der Waals surface area contributed by atoms with E-state index in [0.29, 0.717) is 5.56 Å². The predicted molar refractivity (Wildman–Crippen MR) is 67.9 cm³/mol. The molecule has 1 aromatic carbocycles. The van der Waals surface area contributed by atoms with E-state index in [9.17, 15) is 14.7 Å². The summed E-state index contributed by atoms with van der Waals surface area (Å²) < 4.78 is 1.28. The van der Waals surface area contributed by atoms with Crippen LogP contribution in [0.3, 0.4) is 0 Å². The molecule has 2 rings (SSSR count). The van der Waals surface area contributed by atoms with Gasteiger partial charge in [0.25, 0.3) is 5.56 Å². The van der Waals surface area contributed by atoms with Gasteiger partial charge in [0.2, 0.25) is 0 Å². The van der Waals surface area contributed by atoms with Crippen molar-refractivity contribution in [3.05, 3.63) is 69.6 Å². The summed E-state index contributed by atoms with van der Waals surface area (Å²) >= 11 is 0. The van der Waals surface area contributed by atoms with Gasteiger partial charge in [-0.15, -0.1) is 0 Å². The Kier molecular flexibility index (Phi) is 3.28. The first-order valence-electron chi connectivity index (χ1n) is 5.57. The summed E-state index contributed by atoms with van der Waals surface area (Å²) in [6.07, 6.45) is 0. The number of hydrogen-bond donors (Lipinski definition) is 1. The van der Waals surface area contributed by atoms with Gasteiger partial charge in [0, 0.05) is 6.07 Å². The van der Waals surface area contributed by atoms with Gasteiger partial charge in [-0.2, -0.15) is 0 Å². The monoisotopic (exact) mass is 243 g/mol. The van der Waals surface area contributed by atoms with E-state index in [4.69, 9.17) is 0 Å². The normalized spacial score (nSPS) is 10.3. The van der Waals surface area contributed by atoms with E-state index in [1.54, 1.807) is 6.92 Å². The minimum Gasteiger partial charge on any atom is -0.477 e. The van der Waals surface area contributed by atoms with Gasteiger partial charge < -0.3 is 5.11 Å². The Morgan fingerprint density at radius 3 is 2.44 bits per heavy atom. The van der Waals surface area contributed by atoms with Crippen LogP contribution in [0.2, 0.25) is 0 Å². The maximum absolute atomic E-state index is 11.8. The molecule has 2 aromatic rings. The summed E-state index contributed by atoms with van der Waals surface area (Å²) in [5, 5.41) is 9.19. The maximum atomic E-state index is 11.8. The van der Waals surface area contributed by atoms with Crippen molar-refractivity contribution in [1.82, 2.24) is 4.57 Å². The SMILES string of the molecule is Cc1ccc(=O)n(Cc2ccccc2)c1C(=O)O. The van der Waals surface area contributed by atoms with Crippen LogP contribution >= 0.6 is 0 Å². The number of aromatic nitrogens is 1. The highest BCUT2D eigenvalue weighted by Gasteiger charge is 2.14. The van der Waals surface area contributed by atoms with E-state index in [2.05, 4.69) is 0 Å². The molecule has 18 heavy (non-hydrogen) atoms. The third kappa shape index (κ3) is 2.32. The molecular weight excluding hydrogens is 230 g/mol. The number of carbonyl (C=O) groups is 1. The number of nitrogens with zero attached hydrogens (tertiary/aromatic N) is 1. The van der Waals surface area contributed by atoms with Crippen molar-refractivity contribution in [3.63, 3.8) is 0 Å². The smallest absolute Gasteiger partial charge is 0.352 e. The highest BCUT2D eigenvalue weighted by Crippen LogP contribution is 2.08. The number of aryl methyl sites for hydroxylation is 1. The summed E-state index contributed by atoms with van der Waals surface area (Å²) in [7, 11) is 0. The van der Waals surface area contributed by atoms with E-state index < -0.39 is 5.97 Å². The largest absolute Gasteiger partial charge is 0.477 e. The van der Waals surface area contributed by atoms with Crippen LogP contribution in [0.25, 0.3) is 0 Å². The molecule has 0 saturated heterocycles. The van der Waals surface area contributed by atoms with E-state index in [-0.39, 0.29) is 17.8 Å². The van der Waals surface area contributed by atoms with E-state index >= 15 is 0 Å². The average Bonchev–Trinajstić information content (AvgIpc) is 2.35. The number of hydrogen-bond acceptors (Lipinski definition) is 2. The fourth-order valence-electron chi connectivity index (χ4n) is 1.90. The topological polar surface area (TPSA) is 59.3 Å². The quantitative estimate of drug-likeness (QED) is 0.895. The van der Waals surface area contributed by atoms with Gasteiger partial charge in [0.05, 0.1) is 6.54 Å². The molecule has 0 spiro atoms. The van der Waals surface area contributed by atoms with Crippen LogP contribution < -0.4 is 5.56 Å². The molecule has 0 saturated carbocycles. The second-order valence-electron chi connectivity index (χ2n) is 4.08. The number of carboxylic acids is 1. The fraction of sp³-hybridized carbons (Fsp3) is 0.143. The molecule has 0 fully saturated rings. The first kappa shape index (κ1) is 12.1. The standard InChI is InChI=1S/C14H13NO3/c1-10-7-8-12(16)15(13(10)14(17)18)9-11-5-3-2-4-6-11/h2-8H,9H2,1H3,(H,17,18). The lowest BCUT2D eigenvalue weighted by Gasteiger charge is -2.11. The van der Waals surface area contributed by atoms with Gasteiger partial charge in [0.1, 0.15) is 5.69 Å². The predicted octanol–water partition coefficient (Wildman–Crippen LogP) is 1.90. The molecule has 0 amide bonds. The second-order valence-corrected chi connectivity index (χ2v) is 4.08. The lowest BCUT2D eigenvalue weighted by Crippen LogP contribution is -2.26. The molecule has 0 aliphatic rings. The zero-order valence-corrected chi connectivity index (χ0v) is 9.96. The van der Waals surface area contributed by atoms with Gasteiger partial charge in [-0.05, 0) is 18.1 Å². The number of pyridine rings is 1. The van der Waals surface area contributed by atoms with Crippen molar-refractivity contribution in [1.29, 1.82) is 0 Å². The molecule has 0 radical (unpaired) electrons. The number of aromatic carboxylic acids is 1. The van der Waals surface area contributed by atoms with Crippen molar-refractivity contribution < 1.29 is 9.90 Å². The first-order valence-corrected chi connectivity index (χ1v) is 5.57. The minimum atomic E-state index is -1.08. The summed E-state index contributed by atoms with van der Waals surface area (Å²) in [5.41, 5.74) is 1.22. The lowest BCUT2D eigenvalue weighted by molar-refractivity contribution is 0.0683. The van der Waals surface area contributed by atoms with Gasteiger partial charge in [0.15, 0.2) is 0 Å². The van der Waals surface area contributed by atoms with Crippen molar-refractivity contribution in [2.24, 2.45) is 0 Å². The first-order chi connectivity index (χ1) is 8.59. The van der Waals surface area contributed by atoms with Crippen LogP contribution in [0.15, 0.2) is 47.3 Å². The zero-order chi connectivity index (χ0) is 13.1. The third-order valence-corrected chi connectivity index (χ3v) is 2.77. The van der Waals surface area contributed by atoms with Gasteiger partial charge in [-0.3, -0.25) is 9.36 Å². The Hall–Kier alpha value is -2.36. The van der Waals surface area contributed by atoms with Crippen LogP contribution in [0.4, 0.5) is 0 Å². The van der Waals surface area contributed by atoms with Crippen LogP contribution in [0.5, 0.6) is 0 Å². The van der Waals surface area contributed by atoms with Crippen LogP contribution in [-0.2, 0) is 6.54 Å². The second kappa shape index (κ2) is 4.87. The molecule has 1 aromatic heterocycles. The molecule has 0 unspecified atom stereocenters. The number of carboxylic acid groups (broad SMARTS) is 1. The molecular formula is C14H13NO3. The number of rotatable bonds is 3. The lowest BCUT2D eigenvalue weighted by atomic mass is 10.1. The summed E-state index contributed by atoms with van der Waals surface area (Å²) in [4.78, 5) is 23.0. The summed E-state index contributed by atoms with van der Waals surface area (Å²) in [5.74, 6) is -1.08. The zero-order valence-electron chi connectivity index (χ0n) is 9.96.